The lowest BCUT2D eigenvalue weighted by molar-refractivity contribution is -0.193. The molecule has 1 aliphatic rings. The zero-order valence-electron chi connectivity index (χ0n) is 27.8. The minimum Gasteiger partial charge on any atom is -0.480 e. The molecule has 3 aromatic rings. The molecule has 4 rings (SSSR count). The van der Waals surface area contributed by atoms with Crippen molar-refractivity contribution in [2.75, 3.05) is 37.4 Å². The average molecular weight is 781 g/mol. The fourth-order valence-electron chi connectivity index (χ4n) is 4.00. The van der Waals surface area contributed by atoms with Crippen LogP contribution in [0.5, 0.6) is 0 Å². The molecule has 53 heavy (non-hydrogen) atoms. The van der Waals surface area contributed by atoms with E-state index in [1.54, 1.807) is 43.3 Å². The molecule has 15 nitrogen and oxygen atoms in total. The molecule has 1 heterocycles. The van der Waals surface area contributed by atoms with Gasteiger partial charge >= 0.3 is 30.3 Å². The average Bonchev–Trinajstić information content (AvgIpc) is 3.72. The van der Waals surface area contributed by atoms with Crippen molar-refractivity contribution < 1.29 is 70.4 Å². The van der Waals surface area contributed by atoms with Gasteiger partial charge in [0.2, 0.25) is 11.8 Å². The molecule has 8 N–H and O–H groups in total. The van der Waals surface area contributed by atoms with Gasteiger partial charge in [0.15, 0.2) is 5.13 Å². The van der Waals surface area contributed by atoms with Crippen molar-refractivity contribution in [2.45, 2.75) is 38.2 Å². The van der Waals surface area contributed by atoms with Crippen molar-refractivity contribution >= 4 is 57.9 Å². The maximum atomic E-state index is 12.8. The number of hydrogen-bond donors (Lipinski definition) is 6. The molecule has 0 aliphatic heterocycles. The fraction of sp³-hybridized carbons (Fsp3) is 0.323. The van der Waals surface area contributed by atoms with Gasteiger partial charge in [0, 0.05) is 23.1 Å². The van der Waals surface area contributed by atoms with Gasteiger partial charge in [-0.1, -0.05) is 18.2 Å². The van der Waals surface area contributed by atoms with Gasteiger partial charge in [0.1, 0.15) is 12.4 Å². The topological polar surface area (TPSA) is 247 Å². The second-order valence-electron chi connectivity index (χ2n) is 10.8. The molecule has 0 bridgehead atoms. The molecule has 0 saturated carbocycles. The van der Waals surface area contributed by atoms with Crippen LogP contribution in [0.2, 0.25) is 0 Å². The Morgan fingerprint density at radius 2 is 1.42 bits per heavy atom. The first kappa shape index (κ1) is 45.4. The molecule has 0 unspecified atom stereocenters. The van der Waals surface area contributed by atoms with Gasteiger partial charge in [-0.05, 0) is 74.3 Å². The normalized spacial score (nSPS) is 11.7. The zero-order valence-corrected chi connectivity index (χ0v) is 28.6. The highest BCUT2D eigenvalue weighted by atomic mass is 32.1. The third kappa shape index (κ3) is 16.5. The number of nitrogens with one attached hydrogen (secondary N) is 1. The summed E-state index contributed by atoms with van der Waals surface area (Å²) in [6, 6.07) is 12.4. The molecule has 0 spiro atoms. The van der Waals surface area contributed by atoms with Crippen LogP contribution in [-0.4, -0.2) is 100 Å². The molecule has 22 heteroatoms. The number of aromatic nitrogens is 1. The number of amides is 3. The minimum absolute atomic E-state index is 0.158. The van der Waals surface area contributed by atoms with E-state index in [2.05, 4.69) is 10.3 Å². The fourth-order valence-corrected chi connectivity index (χ4v) is 4.71. The molecule has 1 aromatic heterocycles. The number of carboxylic acids is 3. The number of nitrogens with two attached hydrogens (primary N) is 2. The molecule has 1 aliphatic carbocycles. The Morgan fingerprint density at radius 3 is 1.91 bits per heavy atom. The quantitative estimate of drug-likeness (QED) is 0.171. The van der Waals surface area contributed by atoms with Crippen molar-refractivity contribution in [1.29, 1.82) is 0 Å². The lowest BCUT2D eigenvalue weighted by Gasteiger charge is -2.18. The van der Waals surface area contributed by atoms with Gasteiger partial charge in [0.05, 0.1) is 6.54 Å². The van der Waals surface area contributed by atoms with Gasteiger partial charge in [-0.25, -0.2) is 14.6 Å². The number of aliphatic carboxylic acids is 3. The van der Waals surface area contributed by atoms with E-state index in [9.17, 15) is 50.6 Å². The number of carboxylic acid groups (broad SMARTS) is 3. The maximum absolute atomic E-state index is 12.8. The number of carbonyl (C=O) groups is 6. The molecular formula is C31H34F6N6O9S. The standard InChI is InChI=1S/C17H21N5O4S.C10H11NO.2C2HF3O2/c1-21(2)8-14(23)20-17-19-13(10-27-17)22(9-15(24)25)16(26)12-5-3-4-11(6-12)7-18;11-10(12)9-5-4-7-2-1-3-8(7)6-9;2*3-2(4,5)1(6)7/h3-6,10H,7-9,18H2,1-2H3,(H,24,25)(H,19,20,23);4-6H,1-3H2,(H2,11,12);2*(H,6,7). The number of alkyl halides is 6. The van der Waals surface area contributed by atoms with Crippen LogP contribution in [0.15, 0.2) is 47.8 Å². The number of primary amides is 1. The predicted molar refractivity (Wildman–Crippen MR) is 177 cm³/mol. The number of hydrogen-bond acceptors (Lipinski definition) is 10. The molecule has 3 amide bonds. The highest BCUT2D eigenvalue weighted by Crippen LogP contribution is 2.25. The summed E-state index contributed by atoms with van der Waals surface area (Å²) < 4.78 is 63.5. The summed E-state index contributed by atoms with van der Waals surface area (Å²) in [5, 5.41) is 27.9. The number of fused-ring (bicyclic) bond motifs is 1. The number of rotatable bonds is 9. The SMILES string of the molecule is CN(C)CC(=O)Nc1nc(N(CC(=O)O)C(=O)c2cccc(CN)c2)cs1.NC(=O)c1ccc2c(c1)CCC2.O=C(O)C(F)(F)F.O=C(O)C(F)(F)F. The van der Waals surface area contributed by atoms with E-state index in [0.717, 1.165) is 34.6 Å². The van der Waals surface area contributed by atoms with E-state index in [0.29, 0.717) is 11.1 Å². The Labute approximate surface area is 300 Å². The lowest BCUT2D eigenvalue weighted by Crippen LogP contribution is -2.36. The van der Waals surface area contributed by atoms with Gasteiger partial charge in [-0.15, -0.1) is 11.3 Å². The second-order valence-corrected chi connectivity index (χ2v) is 11.7. The predicted octanol–water partition coefficient (Wildman–Crippen LogP) is 3.37. The number of likely N-dealkylation sites (N-methyl/N-ethyl adjacent to an activating group) is 1. The molecule has 2 aromatic carbocycles. The summed E-state index contributed by atoms with van der Waals surface area (Å²) in [7, 11) is 3.52. The van der Waals surface area contributed by atoms with Crippen molar-refractivity contribution in [1.82, 2.24) is 9.88 Å². The van der Waals surface area contributed by atoms with Crippen molar-refractivity contribution in [2.24, 2.45) is 11.5 Å². The smallest absolute Gasteiger partial charge is 0.480 e. The van der Waals surface area contributed by atoms with Gasteiger partial charge in [0.25, 0.3) is 5.91 Å². The highest BCUT2D eigenvalue weighted by Gasteiger charge is 2.39. The van der Waals surface area contributed by atoms with Crippen molar-refractivity contribution in [3.63, 3.8) is 0 Å². The Balaban J connectivity index is 0.000000439. The molecule has 0 radical (unpaired) electrons. The summed E-state index contributed by atoms with van der Waals surface area (Å²) in [4.78, 5) is 71.4. The first-order valence-electron chi connectivity index (χ1n) is 14.7. The molecule has 0 saturated heterocycles. The Bertz CT molecular complexity index is 1740. The molecular weight excluding hydrogens is 746 g/mol. The number of carbonyl (C=O) groups excluding carboxylic acids is 3. The Hall–Kier alpha value is -5.61. The van der Waals surface area contributed by atoms with E-state index in [1.165, 1.54) is 22.9 Å². The van der Waals surface area contributed by atoms with E-state index in [-0.39, 0.29) is 35.9 Å². The van der Waals surface area contributed by atoms with E-state index in [4.69, 9.17) is 31.3 Å². The summed E-state index contributed by atoms with van der Waals surface area (Å²) in [5.41, 5.74) is 15.1. The zero-order chi connectivity index (χ0) is 40.7. The van der Waals surface area contributed by atoms with Crippen molar-refractivity contribution in [3.8, 4) is 0 Å². The van der Waals surface area contributed by atoms with Crippen LogP contribution in [0, 0.1) is 0 Å². The number of anilines is 2. The molecule has 290 valence electrons. The van der Waals surface area contributed by atoms with Crippen LogP contribution < -0.4 is 21.7 Å². The van der Waals surface area contributed by atoms with E-state index < -0.39 is 42.7 Å². The van der Waals surface area contributed by atoms with Crippen LogP contribution in [0.3, 0.4) is 0 Å². The number of aryl methyl sites for hydroxylation is 2. The first-order chi connectivity index (χ1) is 24.5. The molecule has 0 fully saturated rings. The highest BCUT2D eigenvalue weighted by molar-refractivity contribution is 7.14. The Kier molecular flexibility index (Phi) is 17.5. The van der Waals surface area contributed by atoms with Crippen molar-refractivity contribution in [3.05, 3.63) is 75.7 Å². The van der Waals surface area contributed by atoms with E-state index >= 15 is 0 Å². The van der Waals surface area contributed by atoms with Crippen LogP contribution in [0.25, 0.3) is 0 Å². The number of nitrogens with zero attached hydrogens (tertiary/aromatic N) is 3. The van der Waals surface area contributed by atoms with Gasteiger partial charge in [-0.3, -0.25) is 24.1 Å². The third-order valence-corrected chi connectivity index (χ3v) is 7.04. The number of thiazole rings is 1. The lowest BCUT2D eigenvalue weighted by atomic mass is 10.1. The number of benzene rings is 2. The van der Waals surface area contributed by atoms with Crippen LogP contribution in [0.1, 0.15) is 43.8 Å². The summed E-state index contributed by atoms with van der Waals surface area (Å²) >= 11 is 1.11. The molecule has 0 atom stereocenters. The largest absolute Gasteiger partial charge is 0.490 e. The van der Waals surface area contributed by atoms with Crippen LogP contribution >= 0.6 is 11.3 Å². The summed E-state index contributed by atoms with van der Waals surface area (Å²) in [5.74, 6) is -7.63. The third-order valence-electron chi connectivity index (χ3n) is 6.29. The summed E-state index contributed by atoms with van der Waals surface area (Å²) in [6.45, 7) is -0.113. The van der Waals surface area contributed by atoms with Crippen LogP contribution in [0.4, 0.5) is 37.3 Å². The monoisotopic (exact) mass is 780 g/mol. The van der Waals surface area contributed by atoms with Gasteiger partial charge < -0.3 is 37.0 Å². The van der Waals surface area contributed by atoms with E-state index in [1.807, 2.05) is 18.2 Å². The Morgan fingerprint density at radius 1 is 0.849 bits per heavy atom. The summed E-state index contributed by atoms with van der Waals surface area (Å²) in [6.07, 6.45) is -6.72. The number of halogens is 6. The first-order valence-corrected chi connectivity index (χ1v) is 15.6. The maximum Gasteiger partial charge on any atom is 0.490 e. The van der Waals surface area contributed by atoms with Gasteiger partial charge in [-0.2, -0.15) is 26.3 Å². The van der Waals surface area contributed by atoms with Crippen LogP contribution in [-0.2, 0) is 38.6 Å². The second kappa shape index (κ2) is 20.4. The minimum atomic E-state index is -5.08.